The third-order valence-corrected chi connectivity index (χ3v) is 3.23. The second-order valence-corrected chi connectivity index (χ2v) is 4.78. The fraction of sp³-hybridized carbons (Fsp3) is 0.615. The van der Waals surface area contributed by atoms with Crippen LogP contribution in [0.4, 0.5) is 0 Å². The first-order chi connectivity index (χ1) is 7.79. The zero-order valence-electron chi connectivity index (χ0n) is 9.69. The summed E-state index contributed by atoms with van der Waals surface area (Å²) in [4.78, 5) is 4.06. The molecule has 1 aliphatic carbocycles. The predicted octanol–water partition coefficient (Wildman–Crippen LogP) is 2.26. The first-order valence-electron chi connectivity index (χ1n) is 6.04. The van der Waals surface area contributed by atoms with Crippen LogP contribution in [0, 0.1) is 0 Å². The molecule has 88 valence electrons. The van der Waals surface area contributed by atoms with Gasteiger partial charge in [0, 0.05) is 17.9 Å². The van der Waals surface area contributed by atoms with Crippen molar-refractivity contribution in [2.24, 2.45) is 5.73 Å². The fourth-order valence-corrected chi connectivity index (χ4v) is 2.26. The smallest absolute Gasteiger partial charge is 0.0732 e. The van der Waals surface area contributed by atoms with Gasteiger partial charge in [0.1, 0.15) is 0 Å². The van der Waals surface area contributed by atoms with Gasteiger partial charge < -0.3 is 10.5 Å². The van der Waals surface area contributed by atoms with E-state index >= 15 is 0 Å². The SMILES string of the molecule is NC1(COCc2cccnc2)CCCCC1. The molecule has 0 atom stereocenters. The molecule has 1 aromatic rings. The number of rotatable bonds is 4. The number of nitrogens with zero attached hydrogens (tertiary/aromatic N) is 1. The Bertz CT molecular complexity index is 307. The number of hydrogen-bond acceptors (Lipinski definition) is 3. The highest BCUT2D eigenvalue weighted by atomic mass is 16.5. The lowest BCUT2D eigenvalue weighted by Crippen LogP contribution is -2.46. The maximum absolute atomic E-state index is 6.28. The van der Waals surface area contributed by atoms with Gasteiger partial charge in [0.25, 0.3) is 0 Å². The molecule has 1 aromatic heterocycles. The monoisotopic (exact) mass is 220 g/mol. The van der Waals surface area contributed by atoms with E-state index in [2.05, 4.69) is 4.98 Å². The highest BCUT2D eigenvalue weighted by molar-refractivity contribution is 5.06. The van der Waals surface area contributed by atoms with E-state index in [4.69, 9.17) is 10.5 Å². The Morgan fingerprint density at radius 2 is 2.12 bits per heavy atom. The van der Waals surface area contributed by atoms with Gasteiger partial charge in [0.15, 0.2) is 0 Å². The van der Waals surface area contributed by atoms with Crippen molar-refractivity contribution < 1.29 is 4.74 Å². The second-order valence-electron chi connectivity index (χ2n) is 4.78. The van der Waals surface area contributed by atoms with E-state index in [9.17, 15) is 0 Å². The van der Waals surface area contributed by atoms with E-state index in [1.807, 2.05) is 18.3 Å². The first-order valence-corrected chi connectivity index (χ1v) is 6.04. The van der Waals surface area contributed by atoms with Crippen molar-refractivity contribution in [1.82, 2.24) is 4.98 Å². The molecule has 3 heteroatoms. The number of pyridine rings is 1. The molecule has 0 bridgehead atoms. The number of hydrogen-bond donors (Lipinski definition) is 1. The van der Waals surface area contributed by atoms with Gasteiger partial charge in [-0.2, -0.15) is 0 Å². The third kappa shape index (κ3) is 3.29. The second kappa shape index (κ2) is 5.41. The van der Waals surface area contributed by atoms with Gasteiger partial charge in [-0.15, -0.1) is 0 Å². The highest BCUT2D eigenvalue weighted by Crippen LogP contribution is 2.26. The topological polar surface area (TPSA) is 48.1 Å². The molecule has 0 spiro atoms. The van der Waals surface area contributed by atoms with Crippen molar-refractivity contribution in [1.29, 1.82) is 0 Å². The minimum atomic E-state index is -0.0829. The van der Waals surface area contributed by atoms with Gasteiger partial charge in [-0.1, -0.05) is 25.3 Å². The quantitative estimate of drug-likeness (QED) is 0.846. The van der Waals surface area contributed by atoms with E-state index in [1.165, 1.54) is 19.3 Å². The molecule has 0 aromatic carbocycles. The summed E-state index contributed by atoms with van der Waals surface area (Å²) in [5, 5.41) is 0. The summed E-state index contributed by atoms with van der Waals surface area (Å²) in [6, 6.07) is 3.95. The summed E-state index contributed by atoms with van der Waals surface area (Å²) in [5.74, 6) is 0. The highest BCUT2D eigenvalue weighted by Gasteiger charge is 2.27. The van der Waals surface area contributed by atoms with Crippen LogP contribution in [-0.4, -0.2) is 17.1 Å². The Balaban J connectivity index is 1.75. The molecule has 1 aliphatic rings. The summed E-state index contributed by atoms with van der Waals surface area (Å²) < 4.78 is 5.70. The molecule has 0 aliphatic heterocycles. The normalized spacial score (nSPS) is 19.6. The molecule has 0 saturated heterocycles. The molecule has 16 heavy (non-hydrogen) atoms. The molecule has 2 N–H and O–H groups in total. The van der Waals surface area contributed by atoms with Crippen LogP contribution >= 0.6 is 0 Å². The molecule has 0 amide bonds. The maximum Gasteiger partial charge on any atom is 0.0732 e. The Labute approximate surface area is 97.0 Å². The lowest BCUT2D eigenvalue weighted by molar-refractivity contribution is 0.0573. The molecule has 2 rings (SSSR count). The third-order valence-electron chi connectivity index (χ3n) is 3.23. The van der Waals surface area contributed by atoms with Crippen LogP contribution in [-0.2, 0) is 11.3 Å². The number of nitrogens with two attached hydrogens (primary N) is 1. The van der Waals surface area contributed by atoms with E-state index in [0.717, 1.165) is 18.4 Å². The van der Waals surface area contributed by atoms with Crippen molar-refractivity contribution in [2.75, 3.05) is 6.61 Å². The van der Waals surface area contributed by atoms with Gasteiger partial charge in [-0.05, 0) is 24.5 Å². The molecule has 0 radical (unpaired) electrons. The average molecular weight is 220 g/mol. The zero-order chi connectivity index (χ0) is 11.3. The number of aromatic nitrogens is 1. The molecule has 0 unspecified atom stereocenters. The summed E-state index contributed by atoms with van der Waals surface area (Å²) >= 11 is 0. The van der Waals surface area contributed by atoms with Gasteiger partial charge in [0.05, 0.1) is 13.2 Å². The van der Waals surface area contributed by atoms with E-state index in [-0.39, 0.29) is 5.54 Å². The van der Waals surface area contributed by atoms with Crippen molar-refractivity contribution in [3.05, 3.63) is 30.1 Å². The summed E-state index contributed by atoms with van der Waals surface area (Å²) in [6.45, 7) is 1.29. The van der Waals surface area contributed by atoms with E-state index in [0.29, 0.717) is 13.2 Å². The van der Waals surface area contributed by atoms with Crippen molar-refractivity contribution >= 4 is 0 Å². The fourth-order valence-electron chi connectivity index (χ4n) is 2.26. The Morgan fingerprint density at radius 1 is 1.31 bits per heavy atom. The molecular weight excluding hydrogens is 200 g/mol. The van der Waals surface area contributed by atoms with Gasteiger partial charge >= 0.3 is 0 Å². The van der Waals surface area contributed by atoms with Crippen molar-refractivity contribution in [3.8, 4) is 0 Å². The lowest BCUT2D eigenvalue weighted by atomic mass is 9.83. The summed E-state index contributed by atoms with van der Waals surface area (Å²) in [6.07, 6.45) is 9.61. The minimum absolute atomic E-state index is 0.0829. The Morgan fingerprint density at radius 3 is 2.81 bits per heavy atom. The van der Waals surface area contributed by atoms with Crippen LogP contribution in [0.25, 0.3) is 0 Å². The minimum Gasteiger partial charge on any atom is -0.375 e. The number of ether oxygens (including phenoxy) is 1. The Hall–Kier alpha value is -0.930. The van der Waals surface area contributed by atoms with Gasteiger partial charge in [0.2, 0.25) is 0 Å². The van der Waals surface area contributed by atoms with Crippen LogP contribution < -0.4 is 5.73 Å². The predicted molar refractivity (Wildman–Crippen MR) is 63.9 cm³/mol. The van der Waals surface area contributed by atoms with E-state index in [1.54, 1.807) is 6.20 Å². The molecule has 3 nitrogen and oxygen atoms in total. The molecule has 1 fully saturated rings. The summed E-state index contributed by atoms with van der Waals surface area (Å²) in [7, 11) is 0. The summed E-state index contributed by atoms with van der Waals surface area (Å²) in [5.41, 5.74) is 7.31. The maximum atomic E-state index is 6.28. The largest absolute Gasteiger partial charge is 0.375 e. The average Bonchev–Trinajstić information content (AvgIpc) is 2.31. The van der Waals surface area contributed by atoms with Crippen LogP contribution in [0.2, 0.25) is 0 Å². The van der Waals surface area contributed by atoms with Crippen LogP contribution in [0.1, 0.15) is 37.7 Å². The van der Waals surface area contributed by atoms with Crippen molar-refractivity contribution in [2.45, 2.75) is 44.2 Å². The lowest BCUT2D eigenvalue weighted by Gasteiger charge is -2.33. The zero-order valence-corrected chi connectivity index (χ0v) is 9.69. The van der Waals surface area contributed by atoms with Gasteiger partial charge in [-0.3, -0.25) is 4.98 Å². The molecular formula is C13H20N2O. The molecule has 1 saturated carbocycles. The standard InChI is InChI=1S/C13H20N2O/c14-13(6-2-1-3-7-13)11-16-10-12-5-4-8-15-9-12/h4-5,8-9H,1-3,6-7,10-11,14H2. The van der Waals surface area contributed by atoms with Gasteiger partial charge in [-0.25, -0.2) is 0 Å². The van der Waals surface area contributed by atoms with Crippen LogP contribution in [0.5, 0.6) is 0 Å². The van der Waals surface area contributed by atoms with Crippen LogP contribution in [0.3, 0.4) is 0 Å². The molecule has 1 heterocycles. The Kier molecular flexibility index (Phi) is 3.91. The van der Waals surface area contributed by atoms with Crippen molar-refractivity contribution in [3.63, 3.8) is 0 Å². The first kappa shape index (κ1) is 11.6. The van der Waals surface area contributed by atoms with E-state index < -0.39 is 0 Å². The van der Waals surface area contributed by atoms with Crippen LogP contribution in [0.15, 0.2) is 24.5 Å².